The van der Waals surface area contributed by atoms with Gasteiger partial charge in [-0.05, 0) is 44.1 Å². The Morgan fingerprint density at radius 1 is 1.18 bits per heavy atom. The monoisotopic (exact) mass is 743 g/mol. The Bertz CT molecular complexity index is 1340. The van der Waals surface area contributed by atoms with Crippen LogP contribution in [-0.4, -0.2) is 93.0 Å². The van der Waals surface area contributed by atoms with Crippen molar-refractivity contribution in [3.05, 3.63) is 61.2 Å². The maximum atomic E-state index is 14.7. The topological polar surface area (TPSA) is 125 Å². The fourth-order valence-electron chi connectivity index (χ4n) is 7.94. The van der Waals surface area contributed by atoms with Crippen molar-refractivity contribution in [2.24, 2.45) is 17.8 Å². The summed E-state index contributed by atoms with van der Waals surface area (Å²) in [6.07, 6.45) is 6.11. The predicted octanol–water partition coefficient (Wildman–Crippen LogP) is 5.10. The number of halogens is 1. The van der Waals surface area contributed by atoms with Crippen molar-refractivity contribution in [2.75, 3.05) is 19.7 Å². The summed E-state index contributed by atoms with van der Waals surface area (Å²) in [4.78, 5) is 59.5. The molecule has 1 aromatic carbocycles. The van der Waals surface area contributed by atoms with E-state index in [0.717, 1.165) is 19.3 Å². The minimum absolute atomic E-state index is 0.129. The summed E-state index contributed by atoms with van der Waals surface area (Å²) >= 11 is 3.74. The summed E-state index contributed by atoms with van der Waals surface area (Å²) < 4.78 is 13.0. The van der Waals surface area contributed by atoms with E-state index in [4.69, 9.17) is 9.47 Å². The van der Waals surface area contributed by atoms with E-state index in [9.17, 15) is 24.3 Å². The highest BCUT2D eigenvalue weighted by Gasteiger charge is 2.77. The van der Waals surface area contributed by atoms with E-state index in [1.807, 2.05) is 44.2 Å². The van der Waals surface area contributed by atoms with Crippen molar-refractivity contribution < 1.29 is 33.8 Å². The zero-order valence-electron chi connectivity index (χ0n) is 29.4. The van der Waals surface area contributed by atoms with Crippen LogP contribution in [0.1, 0.15) is 84.3 Å². The number of benzene rings is 1. The number of carbonyl (C=O) groups excluding carboxylic acids is 4. The lowest BCUT2D eigenvalue weighted by Crippen LogP contribution is -2.59. The van der Waals surface area contributed by atoms with Gasteiger partial charge in [0.05, 0.1) is 36.6 Å². The molecule has 3 saturated heterocycles. The zero-order chi connectivity index (χ0) is 35.9. The number of aliphatic hydroxyl groups excluding tert-OH is 1. The summed E-state index contributed by atoms with van der Waals surface area (Å²) in [6, 6.07) is 6.94. The quantitative estimate of drug-likeness (QED) is 0.0875. The number of ether oxygens (including phenoxy) is 2. The third-order valence-corrected chi connectivity index (χ3v) is 10.9. The second-order valence-electron chi connectivity index (χ2n) is 14.1. The van der Waals surface area contributed by atoms with E-state index in [-0.39, 0.29) is 41.5 Å². The molecule has 49 heavy (non-hydrogen) atoms. The van der Waals surface area contributed by atoms with Crippen molar-refractivity contribution in [3.8, 4) is 0 Å². The Balaban J connectivity index is 1.73. The molecule has 270 valence electrons. The van der Waals surface area contributed by atoms with E-state index in [0.29, 0.717) is 37.9 Å². The molecule has 11 heteroatoms. The average molecular weight is 745 g/mol. The standard InChI is InChI=1S/C38H54BrN3O7/c1-7-10-15-20-41(19-9-3)36(46)34-38-22-28(39)33(49-38)30(31(38)35(45)42(34)27(23-43)21-24(4)5)37(47)48-32(26-16-13-12-14-17-26)25(6)40-29(44)18-11-8-2/h8-9,12-14,16-17,24-25,27-28,30-34,43H,2-3,7,10-11,15,18-23H2,1,4-6H3,(H,40,44)/t25-,27-,28?,30+,31-,32-,33+,34+,38-/m1/s1. The number of alkyl halides is 1. The fourth-order valence-corrected chi connectivity index (χ4v) is 8.89. The van der Waals surface area contributed by atoms with Gasteiger partial charge in [0.15, 0.2) is 0 Å². The molecule has 2 N–H and O–H groups in total. The van der Waals surface area contributed by atoms with Crippen molar-refractivity contribution in [2.45, 2.75) is 113 Å². The van der Waals surface area contributed by atoms with E-state index in [2.05, 4.69) is 41.3 Å². The Hall–Kier alpha value is -3.02. The lowest BCUT2D eigenvalue weighted by atomic mass is 9.70. The number of nitrogens with one attached hydrogen (secondary N) is 1. The van der Waals surface area contributed by atoms with Gasteiger partial charge in [0.25, 0.3) is 0 Å². The van der Waals surface area contributed by atoms with Crippen molar-refractivity contribution >= 4 is 39.6 Å². The van der Waals surface area contributed by atoms with Crippen molar-refractivity contribution in [1.29, 1.82) is 0 Å². The first-order chi connectivity index (χ1) is 23.4. The molecule has 1 spiro atoms. The zero-order valence-corrected chi connectivity index (χ0v) is 31.0. The Morgan fingerprint density at radius 2 is 1.90 bits per heavy atom. The number of esters is 1. The highest BCUT2D eigenvalue weighted by atomic mass is 79.9. The van der Waals surface area contributed by atoms with Gasteiger partial charge in [-0.15, -0.1) is 13.2 Å². The van der Waals surface area contributed by atoms with Gasteiger partial charge in [0, 0.05) is 24.3 Å². The molecule has 3 aliphatic rings. The van der Waals surface area contributed by atoms with E-state index < -0.39 is 53.7 Å². The van der Waals surface area contributed by atoms with Crippen LogP contribution in [-0.2, 0) is 28.7 Å². The van der Waals surface area contributed by atoms with Crippen LogP contribution in [0, 0.1) is 17.8 Å². The highest BCUT2D eigenvalue weighted by Crippen LogP contribution is 2.61. The van der Waals surface area contributed by atoms with Crippen LogP contribution in [0.25, 0.3) is 0 Å². The van der Waals surface area contributed by atoms with Gasteiger partial charge in [0.1, 0.15) is 17.7 Å². The van der Waals surface area contributed by atoms with Gasteiger partial charge in [-0.2, -0.15) is 0 Å². The number of amides is 3. The number of aliphatic hydroxyl groups is 1. The lowest BCUT2D eigenvalue weighted by molar-refractivity contribution is -0.162. The summed E-state index contributed by atoms with van der Waals surface area (Å²) in [7, 11) is 0. The molecule has 3 heterocycles. The maximum Gasteiger partial charge on any atom is 0.313 e. The first-order valence-electron chi connectivity index (χ1n) is 17.8. The van der Waals surface area contributed by atoms with Crippen LogP contribution < -0.4 is 5.32 Å². The summed E-state index contributed by atoms with van der Waals surface area (Å²) in [5, 5.41) is 13.6. The smallest absolute Gasteiger partial charge is 0.313 e. The molecule has 0 aromatic heterocycles. The average Bonchev–Trinajstić information content (AvgIpc) is 3.67. The normalized spacial score (nSPS) is 27.4. The van der Waals surface area contributed by atoms with Gasteiger partial charge in [-0.1, -0.05) is 92.0 Å². The molecule has 9 atom stereocenters. The van der Waals surface area contributed by atoms with Crippen LogP contribution in [0.3, 0.4) is 0 Å². The highest BCUT2D eigenvalue weighted by molar-refractivity contribution is 9.09. The Labute approximate surface area is 299 Å². The number of allylic oxidation sites excluding steroid dienone is 1. The number of unbranched alkanes of at least 4 members (excludes halogenated alkanes) is 2. The second kappa shape index (κ2) is 17.3. The maximum absolute atomic E-state index is 14.7. The van der Waals surface area contributed by atoms with Crippen LogP contribution >= 0.6 is 15.9 Å². The SMILES string of the molecule is C=CCCC(=O)N[C@H](C)[C@@H](OC(=O)[C@@H]1[C@H]2O[C@@]3(CC2Br)[C@H](C(=O)N(CC=C)CCCCC)N([C@@H](CO)CC(C)C)C(=O)[C@@H]13)c1ccccc1. The Morgan fingerprint density at radius 3 is 2.51 bits per heavy atom. The largest absolute Gasteiger partial charge is 0.455 e. The number of rotatable bonds is 19. The molecule has 3 amide bonds. The van der Waals surface area contributed by atoms with Crippen LogP contribution in [0.2, 0.25) is 0 Å². The molecule has 0 radical (unpaired) electrons. The lowest BCUT2D eigenvalue weighted by Gasteiger charge is -2.40. The molecule has 0 saturated carbocycles. The second-order valence-corrected chi connectivity index (χ2v) is 15.3. The van der Waals surface area contributed by atoms with Crippen LogP contribution in [0.5, 0.6) is 0 Å². The third-order valence-electron chi connectivity index (χ3n) is 10.1. The molecule has 4 rings (SSSR count). The molecule has 3 aliphatic heterocycles. The predicted molar refractivity (Wildman–Crippen MR) is 191 cm³/mol. The fraction of sp³-hybridized carbons (Fsp3) is 0.632. The first-order valence-corrected chi connectivity index (χ1v) is 18.7. The molecule has 0 aliphatic carbocycles. The molecule has 1 aromatic rings. The van der Waals surface area contributed by atoms with Crippen molar-refractivity contribution in [1.82, 2.24) is 15.1 Å². The number of carbonyl (C=O) groups is 4. The molecule has 2 bridgehead atoms. The van der Waals surface area contributed by atoms with Gasteiger partial charge in [0.2, 0.25) is 17.7 Å². The van der Waals surface area contributed by atoms with E-state index in [1.54, 1.807) is 24.0 Å². The number of nitrogens with zero attached hydrogens (tertiary/aromatic N) is 2. The summed E-state index contributed by atoms with van der Waals surface area (Å²) in [5.74, 6) is -3.32. The molecular formula is C38H54BrN3O7. The number of hydrogen-bond donors (Lipinski definition) is 2. The summed E-state index contributed by atoms with van der Waals surface area (Å²) in [6.45, 7) is 15.9. The Kier molecular flexibility index (Phi) is 13.7. The minimum atomic E-state index is -1.29. The minimum Gasteiger partial charge on any atom is -0.455 e. The van der Waals surface area contributed by atoms with Gasteiger partial charge < -0.3 is 29.7 Å². The molecular weight excluding hydrogens is 690 g/mol. The number of fused-ring (bicyclic) bond motifs is 1. The molecule has 10 nitrogen and oxygen atoms in total. The molecule has 3 fully saturated rings. The number of hydrogen-bond acceptors (Lipinski definition) is 7. The van der Waals surface area contributed by atoms with Crippen LogP contribution in [0.15, 0.2) is 55.6 Å². The molecule has 1 unspecified atom stereocenters. The van der Waals surface area contributed by atoms with E-state index in [1.165, 1.54) is 4.90 Å². The van der Waals surface area contributed by atoms with E-state index >= 15 is 0 Å². The first kappa shape index (κ1) is 38.8. The summed E-state index contributed by atoms with van der Waals surface area (Å²) in [5.41, 5.74) is -0.601. The number of likely N-dealkylation sites (tertiary alicyclic amines) is 1. The van der Waals surface area contributed by atoms with Gasteiger partial charge in [-0.25, -0.2) is 0 Å². The third kappa shape index (κ3) is 8.15. The van der Waals surface area contributed by atoms with Crippen molar-refractivity contribution in [3.63, 3.8) is 0 Å². The van der Waals surface area contributed by atoms with Gasteiger partial charge in [-0.3, -0.25) is 19.2 Å². The van der Waals surface area contributed by atoms with Gasteiger partial charge >= 0.3 is 5.97 Å². The van der Waals surface area contributed by atoms with Crippen LogP contribution in [0.4, 0.5) is 0 Å².